The molecule has 4 aromatic rings. The van der Waals surface area contributed by atoms with Crippen molar-refractivity contribution < 1.29 is 40.6 Å². The average Bonchev–Trinajstić information content (AvgIpc) is 3.38. The summed E-state index contributed by atoms with van der Waals surface area (Å²) >= 11 is 1.28. The minimum Gasteiger partial charge on any atom is -0.406 e. The fraction of sp³-hybridized carbons (Fsp3) is 0.214. The van der Waals surface area contributed by atoms with Gasteiger partial charge in [0, 0.05) is 23.5 Å². The Kier molecular flexibility index (Phi) is 8.67. The maximum absolute atomic E-state index is 13.1. The monoisotopic (exact) mass is 580 g/mol. The van der Waals surface area contributed by atoms with Gasteiger partial charge in [0.05, 0.1) is 6.42 Å². The largest absolute Gasteiger partial charge is 0.573 e. The molecule has 0 atom stereocenters. The van der Waals surface area contributed by atoms with Crippen molar-refractivity contribution in [2.75, 3.05) is 6.54 Å². The lowest BCUT2D eigenvalue weighted by Crippen LogP contribution is -2.44. The number of nitrogens with zero attached hydrogens (tertiary/aromatic N) is 1. The molecule has 1 amide bonds. The number of hydrogen-bond donors (Lipinski definition) is 1. The molecule has 0 fully saturated rings. The van der Waals surface area contributed by atoms with Crippen molar-refractivity contribution in [1.82, 2.24) is 10.3 Å². The van der Waals surface area contributed by atoms with Crippen LogP contribution in [0.4, 0.5) is 26.3 Å². The fourth-order valence-electron chi connectivity index (χ4n) is 4.35. The molecule has 40 heavy (non-hydrogen) atoms. The van der Waals surface area contributed by atoms with Gasteiger partial charge in [0.25, 0.3) is 0 Å². The van der Waals surface area contributed by atoms with E-state index in [1.807, 2.05) is 0 Å². The fourth-order valence-corrected chi connectivity index (χ4v) is 4.97. The van der Waals surface area contributed by atoms with E-state index >= 15 is 0 Å². The first kappa shape index (κ1) is 28.9. The molecule has 1 aromatic heterocycles. The van der Waals surface area contributed by atoms with Gasteiger partial charge in [-0.25, -0.2) is 4.98 Å². The smallest absolute Gasteiger partial charge is 0.406 e. The van der Waals surface area contributed by atoms with Crippen LogP contribution in [0.25, 0.3) is 0 Å². The van der Waals surface area contributed by atoms with Crippen molar-refractivity contribution in [1.29, 1.82) is 0 Å². The van der Waals surface area contributed by atoms with Crippen LogP contribution in [0.5, 0.6) is 11.5 Å². The van der Waals surface area contributed by atoms with Crippen LogP contribution in [-0.2, 0) is 23.1 Å². The highest BCUT2D eigenvalue weighted by atomic mass is 32.1. The van der Waals surface area contributed by atoms with E-state index in [-0.39, 0.29) is 30.5 Å². The number of thiazole rings is 1. The van der Waals surface area contributed by atoms with E-state index in [9.17, 15) is 31.1 Å². The Balaban J connectivity index is 1.84. The molecule has 1 N–H and O–H groups in total. The molecule has 210 valence electrons. The second kappa shape index (κ2) is 12.0. The first-order chi connectivity index (χ1) is 18.9. The predicted molar refractivity (Wildman–Crippen MR) is 136 cm³/mol. The van der Waals surface area contributed by atoms with Crippen molar-refractivity contribution in [3.05, 3.63) is 112 Å². The summed E-state index contributed by atoms with van der Waals surface area (Å²) in [5, 5.41) is 5.07. The highest BCUT2D eigenvalue weighted by molar-refractivity contribution is 7.09. The number of rotatable bonds is 10. The summed E-state index contributed by atoms with van der Waals surface area (Å²) in [6, 6.07) is 19.2. The third-order valence-corrected chi connectivity index (χ3v) is 6.75. The zero-order valence-electron chi connectivity index (χ0n) is 20.6. The van der Waals surface area contributed by atoms with Crippen molar-refractivity contribution in [3.63, 3.8) is 0 Å². The predicted octanol–water partition coefficient (Wildman–Crippen LogP) is 6.83. The SMILES string of the molecule is O=C(Cc1nccs1)NCC(Cc1ccccc1)(c1cccc(OC(F)(F)F)c1)c1cccc(OC(F)(F)F)c1. The zero-order chi connectivity index (χ0) is 28.8. The lowest BCUT2D eigenvalue weighted by atomic mass is 9.70. The minimum absolute atomic E-state index is 0.0481. The van der Waals surface area contributed by atoms with Crippen LogP contribution in [0.1, 0.15) is 21.7 Å². The molecule has 0 aliphatic rings. The molecular weight excluding hydrogens is 558 g/mol. The molecule has 4 rings (SSSR count). The molecule has 0 aliphatic heterocycles. The second-order valence-electron chi connectivity index (χ2n) is 8.78. The van der Waals surface area contributed by atoms with Crippen LogP contribution < -0.4 is 14.8 Å². The van der Waals surface area contributed by atoms with E-state index in [4.69, 9.17) is 0 Å². The van der Waals surface area contributed by atoms with Crippen LogP contribution in [0.15, 0.2) is 90.4 Å². The summed E-state index contributed by atoms with van der Waals surface area (Å²) in [5.41, 5.74) is -0.0647. The number of halogens is 6. The number of nitrogens with one attached hydrogen (secondary N) is 1. The van der Waals surface area contributed by atoms with E-state index in [1.54, 1.807) is 41.9 Å². The number of amides is 1. The van der Waals surface area contributed by atoms with Gasteiger partial charge in [-0.15, -0.1) is 37.7 Å². The molecule has 0 aliphatic carbocycles. The third-order valence-electron chi connectivity index (χ3n) is 5.97. The van der Waals surface area contributed by atoms with Gasteiger partial charge >= 0.3 is 12.7 Å². The summed E-state index contributed by atoms with van der Waals surface area (Å²) in [6.07, 6.45) is -8.33. The van der Waals surface area contributed by atoms with E-state index in [0.717, 1.165) is 17.7 Å². The Morgan fingerprint density at radius 3 is 1.88 bits per heavy atom. The van der Waals surface area contributed by atoms with Crippen molar-refractivity contribution in [2.24, 2.45) is 0 Å². The molecule has 1 heterocycles. The minimum atomic E-state index is -4.97. The second-order valence-corrected chi connectivity index (χ2v) is 9.75. The molecule has 0 unspecified atom stereocenters. The molecule has 0 saturated carbocycles. The lowest BCUT2D eigenvalue weighted by molar-refractivity contribution is -0.275. The van der Waals surface area contributed by atoms with E-state index < -0.39 is 35.5 Å². The Labute approximate surface area is 229 Å². The summed E-state index contributed by atoms with van der Waals surface area (Å²) < 4.78 is 86.7. The molecule has 3 aromatic carbocycles. The Morgan fingerprint density at radius 2 is 1.38 bits per heavy atom. The van der Waals surface area contributed by atoms with Crippen LogP contribution in [0.3, 0.4) is 0 Å². The maximum atomic E-state index is 13.1. The summed E-state index contributed by atoms with van der Waals surface area (Å²) in [4.78, 5) is 17.0. The average molecular weight is 581 g/mol. The van der Waals surface area contributed by atoms with Gasteiger partial charge < -0.3 is 14.8 Å². The first-order valence-corrected chi connectivity index (χ1v) is 12.7. The zero-order valence-corrected chi connectivity index (χ0v) is 21.4. The van der Waals surface area contributed by atoms with E-state index in [0.29, 0.717) is 5.01 Å². The number of alkyl halides is 6. The Morgan fingerprint density at radius 1 is 0.800 bits per heavy atom. The van der Waals surface area contributed by atoms with Gasteiger partial charge in [-0.1, -0.05) is 54.6 Å². The lowest BCUT2D eigenvalue weighted by Gasteiger charge is -2.36. The van der Waals surface area contributed by atoms with E-state index in [1.165, 1.54) is 47.7 Å². The highest BCUT2D eigenvalue weighted by Crippen LogP contribution is 2.40. The van der Waals surface area contributed by atoms with Crippen LogP contribution >= 0.6 is 11.3 Å². The molecule has 0 bridgehead atoms. The summed E-state index contributed by atoms with van der Waals surface area (Å²) in [5.74, 6) is -1.45. The van der Waals surface area contributed by atoms with Gasteiger partial charge in [-0.2, -0.15) is 0 Å². The maximum Gasteiger partial charge on any atom is 0.573 e. The van der Waals surface area contributed by atoms with Gasteiger partial charge in [0.15, 0.2) is 0 Å². The molecule has 0 saturated heterocycles. The molecular formula is C28H22F6N2O3S. The van der Waals surface area contributed by atoms with Gasteiger partial charge in [-0.3, -0.25) is 4.79 Å². The van der Waals surface area contributed by atoms with Crippen LogP contribution in [0.2, 0.25) is 0 Å². The van der Waals surface area contributed by atoms with Crippen molar-refractivity contribution in [2.45, 2.75) is 31.0 Å². The number of hydrogen-bond acceptors (Lipinski definition) is 5. The first-order valence-electron chi connectivity index (χ1n) is 11.8. The number of ether oxygens (including phenoxy) is 2. The number of aromatic nitrogens is 1. The van der Waals surface area contributed by atoms with E-state index in [2.05, 4.69) is 19.8 Å². The van der Waals surface area contributed by atoms with Gasteiger partial charge in [0.2, 0.25) is 5.91 Å². The highest BCUT2D eigenvalue weighted by Gasteiger charge is 2.38. The summed E-state index contributed by atoms with van der Waals surface area (Å²) in [7, 11) is 0. The quantitative estimate of drug-likeness (QED) is 0.209. The molecule has 0 radical (unpaired) electrons. The van der Waals surface area contributed by atoms with Crippen molar-refractivity contribution >= 4 is 17.2 Å². The third kappa shape index (κ3) is 7.98. The topological polar surface area (TPSA) is 60.5 Å². The number of carbonyl (C=O) groups excluding carboxylic acids is 1. The number of carbonyl (C=O) groups is 1. The van der Waals surface area contributed by atoms with Crippen LogP contribution in [0, 0.1) is 0 Å². The van der Waals surface area contributed by atoms with Gasteiger partial charge in [0.1, 0.15) is 16.5 Å². The Hall–Kier alpha value is -4.06. The normalized spacial score (nSPS) is 12.2. The van der Waals surface area contributed by atoms with Gasteiger partial charge in [-0.05, 0) is 47.4 Å². The molecule has 5 nitrogen and oxygen atoms in total. The number of benzene rings is 3. The summed E-state index contributed by atoms with van der Waals surface area (Å²) in [6.45, 7) is -0.170. The standard InChI is InChI=1S/C28H22F6N2O3S/c29-27(30,31)38-22-10-4-8-20(14-22)26(17-19-6-2-1-3-7-19,18-36-24(37)16-25-35-12-13-40-25)21-9-5-11-23(15-21)39-28(32,33)34/h1-15H,16-18H2,(H,36,37). The van der Waals surface area contributed by atoms with Crippen LogP contribution in [-0.4, -0.2) is 30.2 Å². The Bertz CT molecular complexity index is 1350. The molecule has 12 heteroatoms. The molecule has 0 spiro atoms. The van der Waals surface area contributed by atoms with Crippen molar-refractivity contribution in [3.8, 4) is 11.5 Å².